The summed E-state index contributed by atoms with van der Waals surface area (Å²) in [6.07, 6.45) is -7.60. The van der Waals surface area contributed by atoms with E-state index in [-0.39, 0.29) is 23.6 Å². The first kappa shape index (κ1) is 28.5. The van der Waals surface area contributed by atoms with Gasteiger partial charge in [0.25, 0.3) is 0 Å². The van der Waals surface area contributed by atoms with Gasteiger partial charge in [-0.05, 0) is 23.6 Å². The number of halogens is 4. The Kier molecular flexibility index (Phi) is 9.22. The van der Waals surface area contributed by atoms with Crippen LogP contribution in [0, 0.1) is 0 Å². The molecular formula is C21H23ClF3N5O7. The van der Waals surface area contributed by atoms with E-state index in [0.717, 1.165) is 5.56 Å². The first-order valence-corrected chi connectivity index (χ1v) is 11.1. The van der Waals surface area contributed by atoms with Gasteiger partial charge in [0.15, 0.2) is 23.2 Å². The number of aliphatic hydroxyl groups is 4. The molecule has 12 nitrogen and oxygen atoms in total. The summed E-state index contributed by atoms with van der Waals surface area (Å²) in [5, 5.41) is 49.7. The number of carboxylic acid groups (broad SMARTS) is 1. The minimum atomic E-state index is -5.08. The summed E-state index contributed by atoms with van der Waals surface area (Å²) in [6.45, 7) is -0.588. The number of aromatic nitrogens is 4. The van der Waals surface area contributed by atoms with E-state index in [9.17, 15) is 33.6 Å². The zero-order chi connectivity index (χ0) is 27.3. The van der Waals surface area contributed by atoms with E-state index in [0.29, 0.717) is 17.8 Å². The molecule has 3 heterocycles. The third-order valence-electron chi connectivity index (χ3n) is 5.31. The lowest BCUT2D eigenvalue weighted by molar-refractivity contribution is -0.192. The molecule has 3 aromatic rings. The van der Waals surface area contributed by atoms with Crippen LogP contribution in [0.5, 0.6) is 0 Å². The van der Waals surface area contributed by atoms with E-state index in [1.54, 1.807) is 0 Å². The van der Waals surface area contributed by atoms with Crippen LogP contribution < -0.4 is 5.32 Å². The van der Waals surface area contributed by atoms with Crippen molar-refractivity contribution in [2.24, 2.45) is 0 Å². The number of fused-ring (bicyclic) bond motifs is 1. The number of aliphatic hydroxyl groups excluding tert-OH is 4. The Bertz CT molecular complexity index is 1200. The molecule has 4 rings (SSSR count). The number of carbonyl (C=O) groups is 1. The van der Waals surface area contributed by atoms with Gasteiger partial charge < -0.3 is 35.6 Å². The smallest absolute Gasteiger partial charge is 0.475 e. The Balaban J connectivity index is 0.000000479. The maximum absolute atomic E-state index is 10.6. The maximum Gasteiger partial charge on any atom is 0.490 e. The van der Waals surface area contributed by atoms with E-state index in [1.165, 1.54) is 10.9 Å². The average molecular weight is 550 g/mol. The van der Waals surface area contributed by atoms with Crippen molar-refractivity contribution in [3.05, 3.63) is 47.5 Å². The van der Waals surface area contributed by atoms with Crippen LogP contribution in [0.2, 0.25) is 5.28 Å². The number of anilines is 1. The minimum absolute atomic E-state index is 0.0603. The summed E-state index contributed by atoms with van der Waals surface area (Å²) < 4.78 is 38.7. The largest absolute Gasteiger partial charge is 0.490 e. The maximum atomic E-state index is 10.6. The second-order valence-electron chi connectivity index (χ2n) is 7.91. The molecule has 2 aromatic heterocycles. The Labute approximate surface area is 211 Å². The van der Waals surface area contributed by atoms with Gasteiger partial charge >= 0.3 is 12.1 Å². The number of benzene rings is 1. The van der Waals surface area contributed by atoms with Crippen LogP contribution in [0.1, 0.15) is 11.8 Å². The number of rotatable bonds is 7. The molecule has 1 unspecified atom stereocenters. The quantitative estimate of drug-likeness (QED) is 0.228. The van der Waals surface area contributed by atoms with Crippen LogP contribution in [0.15, 0.2) is 36.7 Å². The number of carboxylic acids is 1. The minimum Gasteiger partial charge on any atom is -0.475 e. The molecule has 0 amide bonds. The van der Waals surface area contributed by atoms with Crippen LogP contribution in [0.25, 0.3) is 11.2 Å². The zero-order valence-corrected chi connectivity index (χ0v) is 19.6. The number of ether oxygens (including phenoxy) is 1. The fourth-order valence-electron chi connectivity index (χ4n) is 3.54. The number of alkyl halides is 3. The summed E-state index contributed by atoms with van der Waals surface area (Å²) in [7, 11) is 0. The van der Waals surface area contributed by atoms with Crippen LogP contribution in [0.3, 0.4) is 0 Å². The van der Waals surface area contributed by atoms with E-state index in [1.807, 2.05) is 30.3 Å². The SMILES string of the molecule is O=C(O)C(F)(F)F.OCC(Cc1ccccc1)Nc1nc(Cl)nc2c1ncn2[C@@H]1O[C@H](CO)[C@@H](O)[C@H]1O. The van der Waals surface area contributed by atoms with Crippen molar-refractivity contribution in [3.8, 4) is 0 Å². The number of hydrogen-bond donors (Lipinski definition) is 6. The van der Waals surface area contributed by atoms with Gasteiger partial charge in [0.1, 0.15) is 18.3 Å². The van der Waals surface area contributed by atoms with E-state index < -0.39 is 43.3 Å². The molecule has 1 saturated heterocycles. The van der Waals surface area contributed by atoms with Gasteiger partial charge in [0.2, 0.25) is 5.28 Å². The Morgan fingerprint density at radius 1 is 1.16 bits per heavy atom. The van der Waals surface area contributed by atoms with Crippen LogP contribution in [-0.4, -0.2) is 94.8 Å². The normalized spacial score (nSPS) is 22.4. The highest BCUT2D eigenvalue weighted by molar-refractivity contribution is 6.28. The third kappa shape index (κ3) is 6.82. The van der Waals surface area contributed by atoms with Gasteiger partial charge in [0, 0.05) is 0 Å². The molecule has 6 N–H and O–H groups in total. The van der Waals surface area contributed by atoms with Gasteiger partial charge in [-0.3, -0.25) is 4.57 Å². The fourth-order valence-corrected chi connectivity index (χ4v) is 3.70. The molecule has 0 aliphatic carbocycles. The van der Waals surface area contributed by atoms with Crippen LogP contribution in [0.4, 0.5) is 19.0 Å². The Morgan fingerprint density at radius 3 is 2.35 bits per heavy atom. The highest BCUT2D eigenvalue weighted by Crippen LogP contribution is 2.33. The summed E-state index contributed by atoms with van der Waals surface area (Å²) in [5.41, 5.74) is 1.69. The van der Waals surface area contributed by atoms with Crippen LogP contribution >= 0.6 is 11.6 Å². The predicted octanol–water partition coefficient (Wildman–Crippen LogP) is 0.740. The second kappa shape index (κ2) is 12.0. The molecule has 1 aliphatic heterocycles. The van der Waals surface area contributed by atoms with Gasteiger partial charge in [-0.15, -0.1) is 0 Å². The van der Waals surface area contributed by atoms with Crippen LogP contribution in [-0.2, 0) is 16.0 Å². The Morgan fingerprint density at radius 2 is 1.81 bits per heavy atom. The summed E-state index contributed by atoms with van der Waals surface area (Å²) in [5.74, 6) is -2.43. The molecule has 16 heteroatoms. The molecule has 0 saturated carbocycles. The van der Waals surface area contributed by atoms with Gasteiger partial charge in [-0.2, -0.15) is 23.1 Å². The number of nitrogens with one attached hydrogen (secondary N) is 1. The standard InChI is InChI=1S/C19H22ClN5O5.C2HF3O2/c20-19-23-16(22-11(7-26)6-10-4-2-1-3-5-10)13-17(24-19)25(9-21-13)18-15(29)14(28)12(8-27)30-18;3-2(4,5)1(6)7/h1-5,9,11-12,14-15,18,26-29H,6-8H2,(H,22,23,24);(H,6,7)/t11?,12-,14-,15-,18-;/m1./s1. The third-order valence-corrected chi connectivity index (χ3v) is 5.48. The lowest BCUT2D eigenvalue weighted by Crippen LogP contribution is -2.33. The number of nitrogens with zero attached hydrogens (tertiary/aromatic N) is 4. The van der Waals surface area contributed by atoms with Crippen molar-refractivity contribution in [3.63, 3.8) is 0 Å². The lowest BCUT2D eigenvalue weighted by Gasteiger charge is -2.18. The fraction of sp³-hybridized carbons (Fsp3) is 0.429. The molecular weight excluding hydrogens is 527 g/mol. The van der Waals surface area contributed by atoms with Gasteiger partial charge in [0.05, 0.1) is 25.6 Å². The van der Waals surface area contributed by atoms with Crippen molar-refractivity contribution >= 4 is 34.6 Å². The highest BCUT2D eigenvalue weighted by Gasteiger charge is 2.44. The monoisotopic (exact) mass is 549 g/mol. The van der Waals surface area contributed by atoms with E-state index >= 15 is 0 Å². The summed E-state index contributed by atoms with van der Waals surface area (Å²) >= 11 is 6.11. The molecule has 1 aromatic carbocycles. The number of imidazole rings is 1. The molecule has 1 aliphatic rings. The predicted molar refractivity (Wildman–Crippen MR) is 122 cm³/mol. The second-order valence-corrected chi connectivity index (χ2v) is 8.25. The average Bonchev–Trinajstić information content (AvgIpc) is 3.39. The number of hydrogen-bond acceptors (Lipinski definition) is 10. The first-order chi connectivity index (χ1) is 17.5. The van der Waals surface area contributed by atoms with E-state index in [2.05, 4.69) is 20.3 Å². The lowest BCUT2D eigenvalue weighted by atomic mass is 10.1. The Hall–Kier alpha value is -3.08. The van der Waals surface area contributed by atoms with Crippen molar-refractivity contribution in [2.75, 3.05) is 18.5 Å². The van der Waals surface area contributed by atoms with Gasteiger partial charge in [-0.25, -0.2) is 9.78 Å². The van der Waals surface area contributed by atoms with Gasteiger partial charge in [-0.1, -0.05) is 30.3 Å². The van der Waals surface area contributed by atoms with Crippen molar-refractivity contribution < 1.29 is 48.2 Å². The summed E-state index contributed by atoms with van der Waals surface area (Å²) in [6, 6.07) is 9.34. The highest BCUT2D eigenvalue weighted by atomic mass is 35.5. The zero-order valence-electron chi connectivity index (χ0n) is 18.8. The number of aliphatic carboxylic acids is 1. The van der Waals surface area contributed by atoms with Crippen molar-refractivity contribution in [1.82, 2.24) is 19.5 Å². The molecule has 202 valence electrons. The molecule has 0 bridgehead atoms. The van der Waals surface area contributed by atoms with Crippen molar-refractivity contribution in [1.29, 1.82) is 0 Å². The molecule has 37 heavy (non-hydrogen) atoms. The topological polar surface area (TPSA) is 183 Å². The first-order valence-electron chi connectivity index (χ1n) is 10.7. The molecule has 0 spiro atoms. The molecule has 1 fully saturated rings. The molecule has 0 radical (unpaired) electrons. The van der Waals surface area contributed by atoms with Crippen molar-refractivity contribution in [2.45, 2.75) is 43.2 Å². The molecule has 5 atom stereocenters. The van der Waals surface area contributed by atoms with E-state index in [4.69, 9.17) is 26.2 Å². The summed E-state index contributed by atoms with van der Waals surface area (Å²) in [4.78, 5) is 21.6.